The van der Waals surface area contributed by atoms with Crippen LogP contribution in [0, 0.1) is 6.92 Å². The maximum absolute atomic E-state index is 12.0. The zero-order chi connectivity index (χ0) is 17.8. The van der Waals surface area contributed by atoms with Gasteiger partial charge < -0.3 is 10.1 Å². The lowest BCUT2D eigenvalue weighted by molar-refractivity contribution is -0.123. The summed E-state index contributed by atoms with van der Waals surface area (Å²) in [7, 11) is 0. The Balaban J connectivity index is 1.43. The molecule has 0 unspecified atom stereocenters. The Bertz CT molecular complexity index is 831. The number of carbonyl (C=O) groups is 1. The molecule has 25 heavy (non-hydrogen) atoms. The highest BCUT2D eigenvalue weighted by molar-refractivity contribution is 6.31. The maximum atomic E-state index is 12.0. The van der Waals surface area contributed by atoms with Crippen LogP contribution in [0.5, 0.6) is 5.75 Å². The Hall–Kier alpha value is -2.34. The summed E-state index contributed by atoms with van der Waals surface area (Å²) in [6.45, 7) is 2.50. The van der Waals surface area contributed by atoms with Gasteiger partial charge in [-0.05, 0) is 43.5 Å². The number of halogens is 1. The van der Waals surface area contributed by atoms with Gasteiger partial charge in [0.2, 0.25) is 0 Å². The molecule has 1 aliphatic rings. The van der Waals surface area contributed by atoms with Gasteiger partial charge in [-0.3, -0.25) is 14.2 Å². The quantitative estimate of drug-likeness (QED) is 0.821. The van der Waals surface area contributed by atoms with Crippen molar-refractivity contribution in [2.75, 3.05) is 13.2 Å². The number of rotatable bonds is 7. The van der Waals surface area contributed by atoms with Crippen molar-refractivity contribution in [3.63, 3.8) is 0 Å². The fraction of sp³-hybridized carbons (Fsp3) is 0.389. The summed E-state index contributed by atoms with van der Waals surface area (Å²) < 4.78 is 6.92. The van der Waals surface area contributed by atoms with E-state index in [1.807, 2.05) is 6.92 Å². The lowest BCUT2D eigenvalue weighted by atomic mass is 10.2. The van der Waals surface area contributed by atoms with Crippen LogP contribution >= 0.6 is 11.6 Å². The van der Waals surface area contributed by atoms with Crippen LogP contribution in [0.4, 0.5) is 0 Å². The van der Waals surface area contributed by atoms with Gasteiger partial charge in [0.25, 0.3) is 11.5 Å². The van der Waals surface area contributed by atoms with E-state index < -0.39 is 0 Å². The standard InChI is InChI=1S/C18H20ClN3O3/c1-12-8-14(4-5-15(12)19)25-10-17(23)20-6-7-22-11-21-16(9-18(22)24)13-2-3-13/h4-5,8-9,11,13H,2-3,6-7,10H2,1H3,(H,20,23). The van der Waals surface area contributed by atoms with Crippen molar-refractivity contribution in [1.82, 2.24) is 14.9 Å². The largest absolute Gasteiger partial charge is 0.484 e. The molecular formula is C18H20ClN3O3. The number of ether oxygens (including phenoxy) is 1. The van der Waals surface area contributed by atoms with Crippen molar-refractivity contribution in [2.45, 2.75) is 32.2 Å². The van der Waals surface area contributed by atoms with Crippen LogP contribution < -0.4 is 15.6 Å². The summed E-state index contributed by atoms with van der Waals surface area (Å²) >= 11 is 5.95. The molecule has 0 aliphatic heterocycles. The van der Waals surface area contributed by atoms with Crippen molar-refractivity contribution in [3.8, 4) is 5.75 Å². The Labute approximate surface area is 150 Å². The Morgan fingerprint density at radius 1 is 1.40 bits per heavy atom. The van der Waals surface area contributed by atoms with Crippen LogP contribution in [0.25, 0.3) is 0 Å². The third-order valence-corrected chi connectivity index (χ3v) is 4.49. The molecule has 1 saturated carbocycles. The van der Waals surface area contributed by atoms with E-state index in [1.165, 1.54) is 4.57 Å². The molecule has 6 nitrogen and oxygen atoms in total. The van der Waals surface area contributed by atoms with E-state index >= 15 is 0 Å². The topological polar surface area (TPSA) is 73.2 Å². The highest BCUT2D eigenvalue weighted by atomic mass is 35.5. The Kier molecular flexibility index (Phi) is 5.38. The SMILES string of the molecule is Cc1cc(OCC(=O)NCCn2cnc(C3CC3)cc2=O)ccc1Cl. The molecule has 1 N–H and O–H groups in total. The van der Waals surface area contributed by atoms with Crippen LogP contribution in [-0.2, 0) is 11.3 Å². The summed E-state index contributed by atoms with van der Waals surface area (Å²) in [5.74, 6) is 0.798. The van der Waals surface area contributed by atoms with E-state index in [0.29, 0.717) is 29.8 Å². The maximum Gasteiger partial charge on any atom is 0.258 e. The average Bonchev–Trinajstić information content (AvgIpc) is 3.42. The normalized spacial score (nSPS) is 13.5. The van der Waals surface area contributed by atoms with Gasteiger partial charge in [-0.2, -0.15) is 0 Å². The Morgan fingerprint density at radius 3 is 2.88 bits per heavy atom. The number of hydrogen-bond donors (Lipinski definition) is 1. The van der Waals surface area contributed by atoms with E-state index in [-0.39, 0.29) is 18.1 Å². The van der Waals surface area contributed by atoms with E-state index in [2.05, 4.69) is 10.3 Å². The van der Waals surface area contributed by atoms with E-state index in [0.717, 1.165) is 24.1 Å². The molecule has 1 aromatic carbocycles. The number of nitrogens with zero attached hydrogens (tertiary/aromatic N) is 2. The molecule has 0 radical (unpaired) electrons. The zero-order valence-electron chi connectivity index (χ0n) is 14.0. The van der Waals surface area contributed by atoms with E-state index in [1.54, 1.807) is 30.6 Å². The first kappa shape index (κ1) is 17.5. The van der Waals surface area contributed by atoms with E-state index in [9.17, 15) is 9.59 Å². The lowest BCUT2D eigenvalue weighted by Gasteiger charge is -2.10. The fourth-order valence-electron chi connectivity index (χ4n) is 2.43. The number of amides is 1. The lowest BCUT2D eigenvalue weighted by Crippen LogP contribution is -2.33. The third kappa shape index (κ3) is 4.82. The summed E-state index contributed by atoms with van der Waals surface area (Å²) in [5, 5.41) is 3.38. The molecule has 1 aromatic heterocycles. The first-order valence-corrected chi connectivity index (χ1v) is 8.63. The molecule has 1 aliphatic carbocycles. The second kappa shape index (κ2) is 7.70. The minimum atomic E-state index is -0.247. The summed E-state index contributed by atoms with van der Waals surface area (Å²) in [4.78, 5) is 28.1. The fourth-order valence-corrected chi connectivity index (χ4v) is 2.55. The van der Waals surface area contributed by atoms with Gasteiger partial charge in [0, 0.05) is 30.1 Å². The smallest absolute Gasteiger partial charge is 0.258 e. The monoisotopic (exact) mass is 361 g/mol. The van der Waals surface area contributed by atoms with Crippen molar-refractivity contribution < 1.29 is 9.53 Å². The van der Waals surface area contributed by atoms with Crippen LogP contribution in [0.15, 0.2) is 35.4 Å². The zero-order valence-corrected chi connectivity index (χ0v) is 14.8. The Morgan fingerprint density at radius 2 is 2.20 bits per heavy atom. The average molecular weight is 362 g/mol. The first-order chi connectivity index (χ1) is 12.0. The van der Waals surface area contributed by atoms with Crippen molar-refractivity contribution in [1.29, 1.82) is 0 Å². The van der Waals surface area contributed by atoms with Gasteiger partial charge in [-0.1, -0.05) is 11.6 Å². The van der Waals surface area contributed by atoms with Crippen LogP contribution in [0.1, 0.15) is 30.0 Å². The minimum absolute atomic E-state index is 0.0842. The second-order valence-electron chi connectivity index (χ2n) is 6.17. The van der Waals surface area contributed by atoms with Crippen molar-refractivity contribution >= 4 is 17.5 Å². The highest BCUT2D eigenvalue weighted by Gasteiger charge is 2.25. The molecule has 7 heteroatoms. The van der Waals surface area contributed by atoms with E-state index in [4.69, 9.17) is 16.3 Å². The molecule has 0 atom stereocenters. The minimum Gasteiger partial charge on any atom is -0.484 e. The van der Waals surface area contributed by atoms with Gasteiger partial charge in [0.15, 0.2) is 6.61 Å². The number of benzene rings is 1. The molecule has 1 amide bonds. The van der Waals surface area contributed by atoms with Gasteiger partial charge in [-0.15, -0.1) is 0 Å². The summed E-state index contributed by atoms with van der Waals surface area (Å²) in [6.07, 6.45) is 3.77. The summed E-state index contributed by atoms with van der Waals surface area (Å²) in [5.41, 5.74) is 1.68. The van der Waals surface area contributed by atoms with Crippen molar-refractivity contribution in [2.24, 2.45) is 0 Å². The van der Waals surface area contributed by atoms with Gasteiger partial charge in [0.1, 0.15) is 5.75 Å². The molecule has 2 aromatic rings. The predicted octanol–water partition coefficient (Wildman–Crippen LogP) is 2.28. The number of hydrogen-bond acceptors (Lipinski definition) is 4. The molecule has 0 saturated heterocycles. The first-order valence-electron chi connectivity index (χ1n) is 8.25. The molecule has 0 bridgehead atoms. The highest BCUT2D eigenvalue weighted by Crippen LogP contribution is 2.38. The van der Waals surface area contributed by atoms with Gasteiger partial charge >= 0.3 is 0 Å². The molecular weight excluding hydrogens is 342 g/mol. The molecule has 132 valence electrons. The van der Waals surface area contributed by atoms with Gasteiger partial charge in [-0.25, -0.2) is 4.98 Å². The molecule has 1 heterocycles. The number of carbonyl (C=O) groups excluding carboxylic acids is 1. The predicted molar refractivity (Wildman–Crippen MR) is 95.2 cm³/mol. The second-order valence-corrected chi connectivity index (χ2v) is 6.58. The number of aryl methyl sites for hydroxylation is 1. The summed E-state index contributed by atoms with van der Waals surface area (Å²) in [6, 6.07) is 6.82. The molecule has 1 fully saturated rings. The number of aromatic nitrogens is 2. The van der Waals surface area contributed by atoms with Gasteiger partial charge in [0.05, 0.1) is 12.0 Å². The third-order valence-electron chi connectivity index (χ3n) is 4.07. The van der Waals surface area contributed by atoms with Crippen LogP contribution in [0.3, 0.4) is 0 Å². The van der Waals surface area contributed by atoms with Crippen LogP contribution in [0.2, 0.25) is 5.02 Å². The number of nitrogens with one attached hydrogen (secondary N) is 1. The molecule has 0 spiro atoms. The van der Waals surface area contributed by atoms with Crippen molar-refractivity contribution in [3.05, 3.63) is 57.2 Å². The molecule has 3 rings (SSSR count). The van der Waals surface area contributed by atoms with Crippen LogP contribution in [-0.4, -0.2) is 28.6 Å².